The molecule has 0 bridgehead atoms. The molecule has 1 saturated heterocycles. The summed E-state index contributed by atoms with van der Waals surface area (Å²) in [7, 11) is 0. The second-order valence-corrected chi connectivity index (χ2v) is 9.19. The average Bonchev–Trinajstić information content (AvgIpc) is 3.48. The zero-order valence-corrected chi connectivity index (χ0v) is 17.6. The second kappa shape index (κ2) is 6.87. The van der Waals surface area contributed by atoms with Crippen LogP contribution < -0.4 is 14.4 Å². The van der Waals surface area contributed by atoms with Crippen molar-refractivity contribution in [3.63, 3.8) is 0 Å². The van der Waals surface area contributed by atoms with Crippen LogP contribution in [0.4, 0.5) is 5.82 Å². The molecule has 1 unspecified atom stereocenters. The normalized spacial score (nSPS) is 20.4. The predicted octanol–water partition coefficient (Wildman–Crippen LogP) is 4.86. The molecular weight excluding hydrogens is 382 g/mol. The van der Waals surface area contributed by atoms with Crippen molar-refractivity contribution < 1.29 is 9.47 Å². The third-order valence-electron chi connectivity index (χ3n) is 6.38. The minimum absolute atomic E-state index is 0.325. The van der Waals surface area contributed by atoms with Crippen molar-refractivity contribution in [1.29, 1.82) is 0 Å². The molecule has 2 aromatic heterocycles. The van der Waals surface area contributed by atoms with Crippen LogP contribution in [0.15, 0.2) is 18.2 Å². The van der Waals surface area contributed by atoms with Crippen molar-refractivity contribution in [3.8, 4) is 11.5 Å². The Morgan fingerprint density at radius 1 is 1.10 bits per heavy atom. The zero-order chi connectivity index (χ0) is 19.4. The van der Waals surface area contributed by atoms with Crippen molar-refractivity contribution in [2.45, 2.75) is 51.5 Å². The van der Waals surface area contributed by atoms with E-state index in [1.54, 1.807) is 0 Å². The van der Waals surface area contributed by atoms with E-state index in [4.69, 9.17) is 19.4 Å². The number of anilines is 1. The van der Waals surface area contributed by atoms with E-state index in [0.29, 0.717) is 19.3 Å². The summed E-state index contributed by atoms with van der Waals surface area (Å²) >= 11 is 1.89. The number of hydrogen-bond acceptors (Lipinski definition) is 6. The van der Waals surface area contributed by atoms with Crippen molar-refractivity contribution in [1.82, 2.24) is 9.97 Å². The van der Waals surface area contributed by atoms with Gasteiger partial charge in [0, 0.05) is 17.8 Å². The molecule has 0 amide bonds. The summed E-state index contributed by atoms with van der Waals surface area (Å²) in [5, 5.41) is 1.32. The number of hydrogen-bond donors (Lipinski definition) is 0. The van der Waals surface area contributed by atoms with Crippen molar-refractivity contribution in [2.24, 2.45) is 0 Å². The number of aryl methyl sites for hydroxylation is 3. The van der Waals surface area contributed by atoms with Gasteiger partial charge in [-0.1, -0.05) is 13.0 Å². The molecule has 4 heterocycles. The van der Waals surface area contributed by atoms with Gasteiger partial charge in [0.2, 0.25) is 0 Å². The van der Waals surface area contributed by atoms with E-state index in [-0.39, 0.29) is 0 Å². The van der Waals surface area contributed by atoms with Crippen LogP contribution in [0.5, 0.6) is 11.5 Å². The fourth-order valence-corrected chi connectivity index (χ4v) is 6.29. The highest BCUT2D eigenvalue weighted by Gasteiger charge is 2.32. The Morgan fingerprint density at radius 2 is 2.00 bits per heavy atom. The van der Waals surface area contributed by atoms with Gasteiger partial charge in [-0.25, -0.2) is 9.97 Å². The Bertz CT molecular complexity index is 1090. The molecule has 1 fully saturated rings. The average molecular weight is 408 g/mol. The zero-order valence-electron chi connectivity index (χ0n) is 16.7. The Morgan fingerprint density at radius 3 is 2.90 bits per heavy atom. The molecule has 3 aliphatic rings. The largest absolute Gasteiger partial charge is 0.486 e. The van der Waals surface area contributed by atoms with E-state index in [2.05, 4.69) is 30.0 Å². The second-order valence-electron chi connectivity index (χ2n) is 8.11. The van der Waals surface area contributed by atoms with E-state index >= 15 is 0 Å². The molecule has 0 N–H and O–H groups in total. The molecule has 6 rings (SSSR count). The van der Waals surface area contributed by atoms with E-state index in [1.165, 1.54) is 51.9 Å². The molecule has 0 radical (unpaired) electrons. The minimum Gasteiger partial charge on any atom is -0.486 e. The van der Waals surface area contributed by atoms with Crippen LogP contribution in [0.1, 0.15) is 54.1 Å². The van der Waals surface area contributed by atoms with Crippen LogP contribution in [0, 0.1) is 0 Å². The summed E-state index contributed by atoms with van der Waals surface area (Å²) in [5.74, 6) is 3.85. The lowest BCUT2D eigenvalue weighted by atomic mass is 10.0. The molecule has 6 heteroatoms. The molecule has 150 valence electrons. The predicted molar refractivity (Wildman–Crippen MR) is 116 cm³/mol. The molecule has 5 nitrogen and oxygen atoms in total. The first-order chi connectivity index (χ1) is 14.3. The minimum atomic E-state index is 0.325. The van der Waals surface area contributed by atoms with Gasteiger partial charge in [0.25, 0.3) is 0 Å². The first kappa shape index (κ1) is 17.5. The fourth-order valence-electron chi connectivity index (χ4n) is 5.02. The summed E-state index contributed by atoms with van der Waals surface area (Å²) in [4.78, 5) is 15.2. The fraction of sp³-hybridized carbons (Fsp3) is 0.478. The summed E-state index contributed by atoms with van der Waals surface area (Å²) in [6.45, 7) is 4.44. The van der Waals surface area contributed by atoms with Gasteiger partial charge in [-0.15, -0.1) is 11.3 Å². The number of ether oxygens (including phenoxy) is 2. The summed E-state index contributed by atoms with van der Waals surface area (Å²) < 4.78 is 11.6. The number of thiophene rings is 1. The van der Waals surface area contributed by atoms with Crippen molar-refractivity contribution in [3.05, 3.63) is 40.0 Å². The maximum absolute atomic E-state index is 5.85. The molecule has 1 atom stereocenters. The molecule has 2 aliphatic heterocycles. The highest BCUT2D eigenvalue weighted by Crippen LogP contribution is 2.45. The molecular formula is C23H25N3O2S. The molecule has 1 aliphatic carbocycles. The Hall–Kier alpha value is -2.34. The molecule has 29 heavy (non-hydrogen) atoms. The molecule has 3 aromatic rings. The molecule has 1 aromatic carbocycles. The van der Waals surface area contributed by atoms with Gasteiger partial charge in [-0.05, 0) is 55.4 Å². The molecule has 0 saturated carbocycles. The van der Waals surface area contributed by atoms with Gasteiger partial charge in [-0.3, -0.25) is 0 Å². The smallest absolute Gasteiger partial charge is 0.161 e. The topological polar surface area (TPSA) is 47.5 Å². The number of aromatic nitrogens is 2. The van der Waals surface area contributed by atoms with Crippen LogP contribution >= 0.6 is 11.3 Å². The maximum Gasteiger partial charge on any atom is 0.161 e. The third-order valence-corrected chi connectivity index (χ3v) is 7.57. The lowest BCUT2D eigenvalue weighted by molar-refractivity contribution is 0.171. The number of fused-ring (bicyclic) bond motifs is 4. The maximum atomic E-state index is 5.85. The van der Waals surface area contributed by atoms with Gasteiger partial charge in [0.05, 0.1) is 11.4 Å². The van der Waals surface area contributed by atoms with Gasteiger partial charge in [-0.2, -0.15) is 0 Å². The summed E-state index contributed by atoms with van der Waals surface area (Å²) in [6.07, 6.45) is 6.81. The van der Waals surface area contributed by atoms with Crippen LogP contribution in [-0.4, -0.2) is 29.7 Å². The first-order valence-corrected chi connectivity index (χ1v) is 11.6. The summed E-state index contributed by atoms with van der Waals surface area (Å²) in [5.41, 5.74) is 2.80. The molecule has 0 spiro atoms. The monoisotopic (exact) mass is 407 g/mol. The third kappa shape index (κ3) is 2.80. The van der Waals surface area contributed by atoms with Gasteiger partial charge < -0.3 is 14.4 Å². The quantitative estimate of drug-likeness (QED) is 0.621. The number of rotatable bonds is 3. The van der Waals surface area contributed by atoms with E-state index in [1.807, 2.05) is 11.3 Å². The number of benzene rings is 1. The van der Waals surface area contributed by atoms with Crippen LogP contribution in [0.2, 0.25) is 0 Å². The van der Waals surface area contributed by atoms with E-state index < -0.39 is 0 Å². The van der Waals surface area contributed by atoms with E-state index in [0.717, 1.165) is 42.5 Å². The lowest BCUT2D eigenvalue weighted by Crippen LogP contribution is -2.25. The first-order valence-electron chi connectivity index (χ1n) is 10.8. The van der Waals surface area contributed by atoms with Crippen LogP contribution in [0.25, 0.3) is 10.2 Å². The van der Waals surface area contributed by atoms with Crippen molar-refractivity contribution in [2.75, 3.05) is 24.7 Å². The highest BCUT2D eigenvalue weighted by atomic mass is 32.1. The van der Waals surface area contributed by atoms with Gasteiger partial charge >= 0.3 is 0 Å². The van der Waals surface area contributed by atoms with Crippen molar-refractivity contribution >= 4 is 27.4 Å². The Kier molecular flexibility index (Phi) is 4.15. The highest BCUT2D eigenvalue weighted by molar-refractivity contribution is 7.19. The Balaban J connectivity index is 1.46. The number of nitrogens with zero attached hydrogens (tertiary/aromatic N) is 3. The van der Waals surface area contributed by atoms with Crippen LogP contribution in [0.3, 0.4) is 0 Å². The van der Waals surface area contributed by atoms with Crippen LogP contribution in [-0.2, 0) is 19.3 Å². The van der Waals surface area contributed by atoms with Gasteiger partial charge in [0.1, 0.15) is 29.7 Å². The summed E-state index contributed by atoms with van der Waals surface area (Å²) in [6, 6.07) is 6.77. The lowest BCUT2D eigenvalue weighted by Gasteiger charge is -2.28. The SMILES string of the molecule is CCc1nc(N2CCCC2c2ccc3c(c2)OCCO3)c2c3c(sc2n1)CCC3. The Labute approximate surface area is 174 Å². The standard InChI is InChI=1S/C23H25N3O2S/c1-2-20-24-22(21-15-5-3-7-19(15)29-23(21)25-20)26-10-4-6-16(26)14-8-9-17-18(13-14)28-12-11-27-17/h8-9,13,16H,2-7,10-12H2,1H3. The van der Waals surface area contributed by atoms with Gasteiger partial charge in [0.15, 0.2) is 11.5 Å². The van der Waals surface area contributed by atoms with E-state index in [9.17, 15) is 0 Å².